The van der Waals surface area contributed by atoms with E-state index >= 15 is 0 Å². The summed E-state index contributed by atoms with van der Waals surface area (Å²) in [5.41, 5.74) is -1.03. The molecule has 26 heavy (non-hydrogen) atoms. The van der Waals surface area contributed by atoms with Gasteiger partial charge >= 0.3 is 11.7 Å². The SMILES string of the molecule is Cc1cc(NC(=O)Nc2cc(S(N)(=O)=O)cc([N+](=O)[O-])c2O)ccc1F. The number of hydrogen-bond donors (Lipinski definition) is 4. The van der Waals surface area contributed by atoms with E-state index in [-0.39, 0.29) is 11.3 Å². The number of amides is 2. The zero-order chi connectivity index (χ0) is 19.6. The molecular formula is C14H13FN4O6S. The van der Waals surface area contributed by atoms with E-state index in [0.29, 0.717) is 6.07 Å². The maximum absolute atomic E-state index is 13.2. The number of carbonyl (C=O) groups is 1. The van der Waals surface area contributed by atoms with Crippen molar-refractivity contribution in [3.8, 4) is 5.75 Å². The van der Waals surface area contributed by atoms with Gasteiger partial charge in [-0.25, -0.2) is 22.7 Å². The van der Waals surface area contributed by atoms with Crippen LogP contribution in [0.3, 0.4) is 0 Å². The van der Waals surface area contributed by atoms with Gasteiger partial charge in [0.05, 0.1) is 15.5 Å². The third kappa shape index (κ3) is 4.23. The zero-order valence-corrected chi connectivity index (χ0v) is 14.0. The molecule has 2 amide bonds. The van der Waals surface area contributed by atoms with Gasteiger partial charge in [-0.05, 0) is 36.8 Å². The van der Waals surface area contributed by atoms with Crippen molar-refractivity contribution in [2.24, 2.45) is 5.14 Å². The second-order valence-electron chi connectivity index (χ2n) is 5.18. The largest absolute Gasteiger partial charge is 0.501 e. The number of phenolic OH excluding ortho intramolecular Hbond substituents is 1. The van der Waals surface area contributed by atoms with Gasteiger partial charge in [-0.15, -0.1) is 0 Å². The average molecular weight is 384 g/mol. The Kier molecular flexibility index (Phi) is 5.09. The molecule has 12 heteroatoms. The molecule has 0 fully saturated rings. The van der Waals surface area contributed by atoms with Crippen LogP contribution in [0, 0.1) is 22.9 Å². The molecule has 138 valence electrons. The summed E-state index contributed by atoms with van der Waals surface area (Å²) in [6.45, 7) is 1.48. The van der Waals surface area contributed by atoms with Gasteiger partial charge in [-0.2, -0.15) is 0 Å². The van der Waals surface area contributed by atoms with E-state index in [1.54, 1.807) is 0 Å². The first-order chi connectivity index (χ1) is 12.0. The van der Waals surface area contributed by atoms with Gasteiger partial charge in [0.2, 0.25) is 15.8 Å². The van der Waals surface area contributed by atoms with Crippen LogP contribution in [0.5, 0.6) is 5.75 Å². The van der Waals surface area contributed by atoms with E-state index in [9.17, 15) is 32.8 Å². The summed E-state index contributed by atoms with van der Waals surface area (Å²) in [5, 5.41) is 30.2. The van der Waals surface area contributed by atoms with E-state index in [4.69, 9.17) is 5.14 Å². The molecule has 0 radical (unpaired) electrons. The molecular weight excluding hydrogens is 371 g/mol. The molecule has 0 aromatic heterocycles. The number of nitro benzene ring substituents is 1. The Labute approximate surface area is 146 Å². The molecule has 0 aliphatic heterocycles. The number of nitro groups is 1. The minimum absolute atomic E-state index is 0.206. The third-order valence-corrected chi connectivity index (χ3v) is 4.15. The number of nitrogens with zero attached hydrogens (tertiary/aromatic N) is 1. The highest BCUT2D eigenvalue weighted by atomic mass is 32.2. The number of rotatable bonds is 4. The van der Waals surface area contributed by atoms with E-state index in [0.717, 1.165) is 12.1 Å². The molecule has 0 atom stereocenters. The number of halogens is 1. The fourth-order valence-electron chi connectivity index (χ4n) is 2.00. The number of primary sulfonamides is 1. The van der Waals surface area contributed by atoms with Crippen LogP contribution < -0.4 is 15.8 Å². The first-order valence-electron chi connectivity index (χ1n) is 6.87. The fraction of sp³-hybridized carbons (Fsp3) is 0.0714. The van der Waals surface area contributed by atoms with Gasteiger partial charge < -0.3 is 15.7 Å². The standard InChI is InChI=1S/C14H13FN4O6S/c1-7-4-8(2-3-10(7)15)17-14(21)18-11-5-9(26(16,24)25)6-12(13(11)20)19(22)23/h2-6,20H,1H3,(H2,16,24,25)(H2,17,18,21). The number of anilines is 2. The predicted octanol–water partition coefficient (Wildman–Crippen LogP) is 2.04. The minimum Gasteiger partial charge on any atom is -0.501 e. The molecule has 0 saturated heterocycles. The Morgan fingerprint density at radius 2 is 1.92 bits per heavy atom. The van der Waals surface area contributed by atoms with Crippen LogP contribution in [0.2, 0.25) is 0 Å². The molecule has 2 rings (SSSR count). The van der Waals surface area contributed by atoms with Gasteiger partial charge in [0.15, 0.2) is 0 Å². The van der Waals surface area contributed by atoms with Crippen molar-refractivity contribution in [3.05, 3.63) is 51.8 Å². The van der Waals surface area contributed by atoms with Gasteiger partial charge in [-0.1, -0.05) is 0 Å². The molecule has 0 bridgehead atoms. The molecule has 0 heterocycles. The second kappa shape index (κ2) is 6.93. The van der Waals surface area contributed by atoms with Crippen molar-refractivity contribution >= 4 is 33.1 Å². The quantitative estimate of drug-likeness (QED) is 0.358. The molecule has 2 aromatic carbocycles. The summed E-state index contributed by atoms with van der Waals surface area (Å²) >= 11 is 0. The third-order valence-electron chi connectivity index (χ3n) is 3.25. The highest BCUT2D eigenvalue weighted by Gasteiger charge is 2.24. The van der Waals surface area contributed by atoms with E-state index < -0.39 is 48.8 Å². The molecule has 0 aliphatic rings. The Balaban J connectivity index is 2.35. The van der Waals surface area contributed by atoms with E-state index in [2.05, 4.69) is 10.6 Å². The lowest BCUT2D eigenvalue weighted by molar-refractivity contribution is -0.386. The van der Waals surface area contributed by atoms with Crippen molar-refractivity contribution in [1.82, 2.24) is 0 Å². The van der Waals surface area contributed by atoms with Crippen molar-refractivity contribution < 1.29 is 27.6 Å². The lowest BCUT2D eigenvalue weighted by atomic mass is 10.2. The number of benzene rings is 2. The Morgan fingerprint density at radius 1 is 1.27 bits per heavy atom. The number of aromatic hydroxyl groups is 1. The van der Waals surface area contributed by atoms with Crippen LogP contribution in [0.1, 0.15) is 5.56 Å². The number of nitrogens with two attached hydrogens (primary N) is 1. The maximum atomic E-state index is 13.2. The Morgan fingerprint density at radius 3 is 2.46 bits per heavy atom. The van der Waals surface area contributed by atoms with Crippen molar-refractivity contribution in [1.29, 1.82) is 0 Å². The van der Waals surface area contributed by atoms with Crippen LogP contribution in [-0.4, -0.2) is 24.5 Å². The summed E-state index contributed by atoms with van der Waals surface area (Å²) < 4.78 is 36.1. The molecule has 10 nitrogen and oxygen atoms in total. The molecule has 2 aromatic rings. The number of carbonyl (C=O) groups excluding carboxylic acids is 1. The van der Waals surface area contributed by atoms with Crippen molar-refractivity contribution in [3.63, 3.8) is 0 Å². The molecule has 0 spiro atoms. The summed E-state index contributed by atoms with van der Waals surface area (Å²) in [6.07, 6.45) is 0. The Hall–Kier alpha value is -3.25. The van der Waals surface area contributed by atoms with Gasteiger partial charge in [-0.3, -0.25) is 10.1 Å². The normalized spacial score (nSPS) is 11.0. The molecule has 5 N–H and O–H groups in total. The van der Waals surface area contributed by atoms with E-state index in [1.165, 1.54) is 19.1 Å². The van der Waals surface area contributed by atoms with E-state index in [1.807, 2.05) is 0 Å². The zero-order valence-electron chi connectivity index (χ0n) is 13.2. The number of sulfonamides is 1. The maximum Gasteiger partial charge on any atom is 0.323 e. The number of phenols is 1. The van der Waals surface area contributed by atoms with Crippen LogP contribution in [0.25, 0.3) is 0 Å². The average Bonchev–Trinajstić information content (AvgIpc) is 2.51. The summed E-state index contributed by atoms with van der Waals surface area (Å²) in [5.74, 6) is -1.43. The van der Waals surface area contributed by atoms with Crippen LogP contribution >= 0.6 is 0 Å². The first kappa shape index (κ1) is 19.1. The first-order valence-corrected chi connectivity index (χ1v) is 8.42. The molecule has 0 aliphatic carbocycles. The van der Waals surface area contributed by atoms with Gasteiger partial charge in [0.25, 0.3) is 0 Å². The fourth-order valence-corrected chi connectivity index (χ4v) is 2.56. The lowest BCUT2D eigenvalue weighted by Gasteiger charge is -2.11. The highest BCUT2D eigenvalue weighted by molar-refractivity contribution is 7.89. The van der Waals surface area contributed by atoms with Crippen molar-refractivity contribution in [2.45, 2.75) is 11.8 Å². The number of nitrogens with one attached hydrogen (secondary N) is 2. The summed E-state index contributed by atoms with van der Waals surface area (Å²) in [6, 6.07) is 4.11. The van der Waals surface area contributed by atoms with Gasteiger partial charge in [0.1, 0.15) is 5.82 Å². The smallest absolute Gasteiger partial charge is 0.323 e. The van der Waals surface area contributed by atoms with Crippen LogP contribution in [-0.2, 0) is 10.0 Å². The predicted molar refractivity (Wildman–Crippen MR) is 89.9 cm³/mol. The Bertz CT molecular complexity index is 1010. The topological polar surface area (TPSA) is 165 Å². The van der Waals surface area contributed by atoms with Crippen LogP contribution in [0.4, 0.5) is 26.2 Å². The minimum atomic E-state index is -4.33. The van der Waals surface area contributed by atoms with Crippen molar-refractivity contribution in [2.75, 3.05) is 10.6 Å². The number of urea groups is 1. The number of hydrogen-bond acceptors (Lipinski definition) is 6. The van der Waals surface area contributed by atoms with Gasteiger partial charge in [0, 0.05) is 11.8 Å². The summed E-state index contributed by atoms with van der Waals surface area (Å²) in [4.78, 5) is 21.2. The molecule has 0 saturated carbocycles. The lowest BCUT2D eigenvalue weighted by Crippen LogP contribution is -2.20. The summed E-state index contributed by atoms with van der Waals surface area (Å²) in [7, 11) is -4.33. The second-order valence-corrected chi connectivity index (χ2v) is 6.75. The molecule has 0 unspecified atom stereocenters. The number of aryl methyl sites for hydroxylation is 1. The monoisotopic (exact) mass is 384 g/mol. The van der Waals surface area contributed by atoms with Crippen LogP contribution in [0.15, 0.2) is 35.2 Å². The highest BCUT2D eigenvalue weighted by Crippen LogP contribution is 2.36.